The van der Waals surface area contributed by atoms with Gasteiger partial charge in [-0.25, -0.2) is 0 Å². The third-order valence-corrected chi connectivity index (χ3v) is 6.58. The molecule has 0 atom stereocenters. The monoisotopic (exact) mass is 502 g/mol. The molecule has 0 aromatic heterocycles. The first-order valence-electron chi connectivity index (χ1n) is 10.7. The lowest BCUT2D eigenvalue weighted by molar-refractivity contribution is -0.100. The van der Waals surface area contributed by atoms with Gasteiger partial charge in [-0.1, -0.05) is 59.5 Å². The van der Waals surface area contributed by atoms with Gasteiger partial charge in [0.1, 0.15) is 13.1 Å². The summed E-state index contributed by atoms with van der Waals surface area (Å²) >= 11 is 1.57. The minimum atomic E-state index is -4.54. The first-order valence-corrected chi connectivity index (χ1v) is 12.4. The van der Waals surface area contributed by atoms with Crippen LogP contribution in [0.15, 0.2) is 32.4 Å². The lowest BCUT2D eigenvalue weighted by Crippen LogP contribution is -2.39. The van der Waals surface area contributed by atoms with Crippen LogP contribution in [0.5, 0.6) is 0 Å². The SMILES string of the molecule is CCCCCC[N+]1C(C(F)(F)F)=CS/C1=N/N=C1/SC=C(C(F)(F)F)[N+]1CCCCCC. The second-order valence-electron chi connectivity index (χ2n) is 7.43. The Hall–Kier alpha value is -0.980. The van der Waals surface area contributed by atoms with Gasteiger partial charge in [0.2, 0.25) is 0 Å². The van der Waals surface area contributed by atoms with Gasteiger partial charge in [0.25, 0.3) is 11.4 Å². The van der Waals surface area contributed by atoms with E-state index in [1.807, 2.05) is 13.8 Å². The predicted molar refractivity (Wildman–Crippen MR) is 121 cm³/mol. The molecule has 0 amide bonds. The van der Waals surface area contributed by atoms with Crippen molar-refractivity contribution in [3.63, 3.8) is 0 Å². The van der Waals surface area contributed by atoms with Crippen molar-refractivity contribution >= 4 is 33.9 Å². The number of allylic oxidation sites excluding steroid dienone is 2. The van der Waals surface area contributed by atoms with Crippen molar-refractivity contribution in [2.45, 2.75) is 77.6 Å². The van der Waals surface area contributed by atoms with Crippen LogP contribution in [0.1, 0.15) is 65.2 Å². The van der Waals surface area contributed by atoms with Gasteiger partial charge < -0.3 is 0 Å². The van der Waals surface area contributed by atoms with Crippen molar-refractivity contribution in [3.05, 3.63) is 22.2 Å². The number of hydrogen-bond acceptors (Lipinski definition) is 4. The van der Waals surface area contributed by atoms with Crippen molar-refractivity contribution in [2.24, 2.45) is 10.2 Å². The van der Waals surface area contributed by atoms with Gasteiger partial charge in [0, 0.05) is 12.8 Å². The van der Waals surface area contributed by atoms with E-state index in [1.54, 1.807) is 0 Å². The van der Waals surface area contributed by atoms with Crippen LogP contribution in [0.25, 0.3) is 0 Å². The van der Waals surface area contributed by atoms with E-state index in [-0.39, 0.29) is 23.4 Å². The van der Waals surface area contributed by atoms with E-state index in [4.69, 9.17) is 0 Å². The van der Waals surface area contributed by atoms with Gasteiger partial charge in [-0.2, -0.15) is 26.3 Å². The number of rotatable bonds is 11. The maximum absolute atomic E-state index is 13.4. The van der Waals surface area contributed by atoms with Crippen molar-refractivity contribution in [3.8, 4) is 0 Å². The van der Waals surface area contributed by atoms with Gasteiger partial charge in [-0.05, 0) is 36.4 Å². The summed E-state index contributed by atoms with van der Waals surface area (Å²) < 4.78 is 80.3. The second-order valence-corrected chi connectivity index (χ2v) is 9.10. The largest absolute Gasteiger partial charge is 0.473 e. The fraction of sp³-hybridized carbons (Fsp3) is 0.700. The minimum absolute atomic E-state index is 0.0216. The first kappa shape index (κ1) is 27.3. The molecule has 0 aromatic rings. The van der Waals surface area contributed by atoms with Gasteiger partial charge in [-0.3, -0.25) is 0 Å². The minimum Gasteiger partial charge on any atom is -0.161 e. The standard InChI is InChI=1S/C20H28F6N4S2/c1-3-5-7-9-11-29-15(19(21,22)23)13-31-17(29)27-28-18-30(12-10-8-6-4-2)16(14-32-18)20(24,25)26/h13-14H,3-12H2,1-2H3/q+2/b27-17+,28-18+. The fourth-order valence-corrected chi connectivity index (χ4v) is 4.95. The van der Waals surface area contributed by atoms with Crippen LogP contribution >= 0.6 is 23.5 Å². The molecule has 180 valence electrons. The molecule has 2 radical (unpaired) electrons. The molecule has 0 bridgehead atoms. The number of thioether (sulfide) groups is 2. The molecule has 2 aliphatic rings. The molecular formula is C20H28F6N4S2+2. The summed E-state index contributed by atoms with van der Waals surface area (Å²) in [5, 5.41) is 9.87. The lowest BCUT2D eigenvalue weighted by Gasteiger charge is -2.11. The molecule has 0 saturated heterocycles. The number of amidine groups is 2. The summed E-state index contributed by atoms with van der Waals surface area (Å²) in [5.41, 5.74) is -1.63. The van der Waals surface area contributed by atoms with Gasteiger partial charge in [0.05, 0.1) is 10.8 Å². The summed E-state index contributed by atoms with van der Waals surface area (Å²) in [7, 11) is 0. The Kier molecular flexibility index (Phi) is 10.6. The number of unbranched alkanes of at least 4 members (excludes halogenated alkanes) is 6. The Labute approximate surface area is 193 Å². The summed E-state index contributed by atoms with van der Waals surface area (Å²) in [6.45, 7) is 4.27. The Morgan fingerprint density at radius 1 is 0.656 bits per heavy atom. The highest BCUT2D eigenvalue weighted by atomic mass is 32.2. The number of alkyl halides is 6. The molecular weight excluding hydrogens is 474 g/mol. The van der Waals surface area contributed by atoms with E-state index in [2.05, 4.69) is 10.2 Å². The molecule has 0 fully saturated rings. The zero-order chi connectivity index (χ0) is 23.8. The summed E-state index contributed by atoms with van der Waals surface area (Å²) in [6, 6.07) is 0. The Morgan fingerprint density at radius 2 is 1.03 bits per heavy atom. The average Bonchev–Trinajstić information content (AvgIpc) is 3.30. The number of hydrogen-bond donors (Lipinski definition) is 0. The number of halogens is 6. The van der Waals surface area contributed by atoms with Gasteiger partial charge in [0.15, 0.2) is 0 Å². The molecule has 2 rings (SSSR count). The molecule has 2 aliphatic heterocycles. The third kappa shape index (κ3) is 7.81. The maximum Gasteiger partial charge on any atom is 0.473 e. The Morgan fingerprint density at radius 3 is 1.34 bits per heavy atom. The molecule has 4 nitrogen and oxygen atoms in total. The topological polar surface area (TPSA) is 36.5 Å². The highest BCUT2D eigenvalue weighted by molar-refractivity contribution is 8.17. The summed E-state index contributed by atoms with van der Waals surface area (Å²) in [5.74, 6) is 0. The van der Waals surface area contributed by atoms with Crippen molar-refractivity contribution in [1.82, 2.24) is 9.80 Å². The molecule has 32 heavy (non-hydrogen) atoms. The lowest BCUT2D eigenvalue weighted by atomic mass is 10.2. The maximum atomic E-state index is 13.4. The highest BCUT2D eigenvalue weighted by Gasteiger charge is 2.53. The fourth-order valence-electron chi connectivity index (χ4n) is 3.18. The van der Waals surface area contributed by atoms with Crippen LogP contribution in [0.3, 0.4) is 0 Å². The van der Waals surface area contributed by atoms with Crippen LogP contribution in [0.4, 0.5) is 26.3 Å². The second kappa shape index (κ2) is 12.5. The third-order valence-electron chi connectivity index (χ3n) is 4.87. The molecule has 0 unspecified atom stereocenters. The predicted octanol–water partition coefficient (Wildman–Crippen LogP) is 7.36. The van der Waals surface area contributed by atoms with E-state index in [0.717, 1.165) is 82.7 Å². The molecule has 0 aromatic carbocycles. The zero-order valence-electron chi connectivity index (χ0n) is 18.1. The van der Waals surface area contributed by atoms with Crippen LogP contribution in [-0.4, -0.2) is 35.8 Å². The summed E-state index contributed by atoms with van der Waals surface area (Å²) in [4.78, 5) is 2.13. The smallest absolute Gasteiger partial charge is 0.161 e. The van der Waals surface area contributed by atoms with Crippen molar-refractivity contribution in [2.75, 3.05) is 13.1 Å². The molecule has 2 heterocycles. The van der Waals surface area contributed by atoms with Crippen LogP contribution < -0.4 is 9.80 Å². The van der Waals surface area contributed by atoms with Crippen LogP contribution in [0, 0.1) is 0 Å². The first-order chi connectivity index (χ1) is 15.1. The number of nitrogens with zero attached hydrogens (tertiary/aromatic N) is 4. The highest BCUT2D eigenvalue weighted by Crippen LogP contribution is 2.38. The van der Waals surface area contributed by atoms with Crippen molar-refractivity contribution in [1.29, 1.82) is 0 Å². The van der Waals surface area contributed by atoms with E-state index < -0.39 is 23.7 Å². The molecule has 12 heteroatoms. The molecule has 0 saturated carbocycles. The average molecular weight is 503 g/mol. The van der Waals surface area contributed by atoms with E-state index in [9.17, 15) is 26.3 Å². The molecule has 0 aliphatic carbocycles. The normalized spacial score (nSPS) is 21.1. The Balaban J connectivity index is 2.18. The zero-order valence-corrected chi connectivity index (χ0v) is 19.7. The quantitative estimate of drug-likeness (QED) is 0.128. The van der Waals surface area contributed by atoms with Crippen LogP contribution in [-0.2, 0) is 0 Å². The van der Waals surface area contributed by atoms with E-state index in [0.29, 0.717) is 12.8 Å². The van der Waals surface area contributed by atoms with E-state index >= 15 is 0 Å². The molecule has 0 N–H and O–H groups in total. The van der Waals surface area contributed by atoms with E-state index in [1.165, 1.54) is 0 Å². The Bertz CT molecular complexity index is 681. The summed E-state index contributed by atoms with van der Waals surface area (Å²) in [6.07, 6.45) is -2.69. The molecule has 0 spiro atoms. The van der Waals surface area contributed by atoms with Crippen molar-refractivity contribution < 1.29 is 26.3 Å². The van der Waals surface area contributed by atoms with Gasteiger partial charge in [-0.15, -0.1) is 0 Å². The van der Waals surface area contributed by atoms with Gasteiger partial charge >= 0.3 is 22.7 Å². The van der Waals surface area contributed by atoms with Crippen LogP contribution in [0.2, 0.25) is 0 Å².